The number of esters is 1. The molecule has 4 nitrogen and oxygen atoms in total. The third kappa shape index (κ3) is 4.05. The molecule has 0 aliphatic carbocycles. The van der Waals surface area contributed by atoms with E-state index in [-0.39, 0.29) is 17.7 Å². The second-order valence-electron chi connectivity index (χ2n) is 6.76. The number of carbonyl (C=O) groups excluding carboxylic acids is 1. The lowest BCUT2D eigenvalue weighted by molar-refractivity contribution is -0.137. The van der Waals surface area contributed by atoms with Crippen LogP contribution in [0.5, 0.6) is 0 Å². The predicted octanol–water partition coefficient (Wildman–Crippen LogP) is 6.18. The van der Waals surface area contributed by atoms with Gasteiger partial charge in [-0.1, -0.05) is 30.3 Å². The minimum Gasteiger partial charge on any atom is -0.460 e. The molecule has 0 fully saturated rings. The Kier molecular flexibility index (Phi) is 5.03. The van der Waals surface area contributed by atoms with Crippen LogP contribution in [0.4, 0.5) is 13.2 Å². The third-order valence-corrected chi connectivity index (χ3v) is 4.55. The van der Waals surface area contributed by atoms with Crippen LogP contribution in [-0.2, 0) is 17.5 Å². The van der Waals surface area contributed by atoms with Crippen molar-refractivity contribution in [2.24, 2.45) is 0 Å². The van der Waals surface area contributed by atoms with Crippen LogP contribution in [0, 0.1) is 6.92 Å². The molecular formula is C23H16F3NO3. The lowest BCUT2D eigenvalue weighted by atomic mass is 10.1. The highest BCUT2D eigenvalue weighted by Gasteiger charge is 2.30. The van der Waals surface area contributed by atoms with Crippen molar-refractivity contribution in [2.75, 3.05) is 0 Å². The van der Waals surface area contributed by atoms with Crippen molar-refractivity contribution >= 4 is 16.9 Å². The van der Waals surface area contributed by atoms with Crippen molar-refractivity contribution < 1.29 is 27.1 Å². The van der Waals surface area contributed by atoms with E-state index in [9.17, 15) is 18.0 Å². The number of hydrogen-bond donors (Lipinski definition) is 0. The van der Waals surface area contributed by atoms with Gasteiger partial charge in [0.25, 0.3) is 0 Å². The molecule has 4 aromatic rings. The molecule has 0 spiro atoms. The number of pyridine rings is 1. The molecule has 0 bridgehead atoms. The molecule has 4 rings (SSSR count). The van der Waals surface area contributed by atoms with E-state index >= 15 is 0 Å². The van der Waals surface area contributed by atoms with E-state index in [0.29, 0.717) is 28.1 Å². The van der Waals surface area contributed by atoms with E-state index < -0.39 is 17.7 Å². The molecule has 0 amide bonds. The Morgan fingerprint density at radius 3 is 2.57 bits per heavy atom. The summed E-state index contributed by atoms with van der Waals surface area (Å²) in [6.45, 7) is 1.52. The van der Waals surface area contributed by atoms with Gasteiger partial charge in [-0.25, -0.2) is 9.78 Å². The van der Waals surface area contributed by atoms with Gasteiger partial charge in [0.15, 0.2) is 5.76 Å². The Hall–Kier alpha value is -3.61. The van der Waals surface area contributed by atoms with E-state index in [4.69, 9.17) is 9.15 Å². The molecule has 0 saturated heterocycles. The summed E-state index contributed by atoms with van der Waals surface area (Å²) in [6, 6.07) is 16.9. The Labute approximate surface area is 169 Å². The number of para-hydroxylation sites is 1. The van der Waals surface area contributed by atoms with Gasteiger partial charge in [-0.05, 0) is 48.9 Å². The fourth-order valence-electron chi connectivity index (χ4n) is 3.11. The average molecular weight is 411 g/mol. The standard InChI is InChI=1S/C23H16F3NO3/c1-14-9-10-21(30-14)20-12-18(17-7-2-3-8-19(17)27-20)22(28)29-13-15-5-4-6-16(11-15)23(24,25)26/h2-12H,13H2,1H3. The quantitative estimate of drug-likeness (QED) is 0.376. The van der Waals surface area contributed by atoms with Gasteiger partial charge >= 0.3 is 12.1 Å². The molecule has 0 aliphatic heterocycles. The summed E-state index contributed by atoms with van der Waals surface area (Å²) < 4.78 is 49.6. The topological polar surface area (TPSA) is 52.3 Å². The lowest BCUT2D eigenvalue weighted by Crippen LogP contribution is -2.09. The van der Waals surface area contributed by atoms with Gasteiger partial charge in [0, 0.05) is 5.39 Å². The molecule has 2 aromatic heterocycles. The number of alkyl halides is 3. The van der Waals surface area contributed by atoms with Crippen LogP contribution in [0.1, 0.15) is 27.2 Å². The normalized spacial score (nSPS) is 11.6. The van der Waals surface area contributed by atoms with Crippen LogP contribution in [-0.4, -0.2) is 11.0 Å². The van der Waals surface area contributed by atoms with Gasteiger partial charge < -0.3 is 9.15 Å². The van der Waals surface area contributed by atoms with E-state index in [2.05, 4.69) is 4.98 Å². The Bertz CT molecular complexity index is 1230. The minimum absolute atomic E-state index is 0.249. The summed E-state index contributed by atoms with van der Waals surface area (Å²) in [5.41, 5.74) is 0.763. The first-order valence-electron chi connectivity index (χ1n) is 9.11. The van der Waals surface area contributed by atoms with Crippen molar-refractivity contribution in [1.82, 2.24) is 4.98 Å². The van der Waals surface area contributed by atoms with Gasteiger partial charge in [0.2, 0.25) is 0 Å². The fourth-order valence-corrected chi connectivity index (χ4v) is 3.11. The molecule has 0 saturated carbocycles. The Balaban J connectivity index is 1.64. The zero-order valence-corrected chi connectivity index (χ0v) is 15.9. The van der Waals surface area contributed by atoms with Crippen molar-refractivity contribution in [2.45, 2.75) is 19.7 Å². The number of benzene rings is 2. The number of furan rings is 1. The summed E-state index contributed by atoms with van der Waals surface area (Å²) in [7, 11) is 0. The van der Waals surface area contributed by atoms with E-state index in [0.717, 1.165) is 12.1 Å². The van der Waals surface area contributed by atoms with Gasteiger partial charge in [-0.15, -0.1) is 0 Å². The number of halogens is 3. The highest BCUT2D eigenvalue weighted by atomic mass is 19.4. The maximum absolute atomic E-state index is 12.9. The maximum Gasteiger partial charge on any atom is 0.416 e. The van der Waals surface area contributed by atoms with Crippen molar-refractivity contribution in [3.63, 3.8) is 0 Å². The summed E-state index contributed by atoms with van der Waals surface area (Å²) in [5.74, 6) is 0.550. The molecule has 7 heteroatoms. The van der Waals surface area contributed by atoms with Gasteiger partial charge in [0.05, 0.1) is 16.6 Å². The highest BCUT2D eigenvalue weighted by molar-refractivity contribution is 6.04. The smallest absolute Gasteiger partial charge is 0.416 e. The summed E-state index contributed by atoms with van der Waals surface area (Å²) in [6.07, 6.45) is -4.46. The first kappa shape index (κ1) is 19.7. The number of aryl methyl sites for hydroxylation is 1. The number of fused-ring (bicyclic) bond motifs is 1. The molecule has 30 heavy (non-hydrogen) atoms. The van der Waals surface area contributed by atoms with Crippen LogP contribution in [0.2, 0.25) is 0 Å². The minimum atomic E-state index is -4.46. The number of carbonyl (C=O) groups is 1. The molecular weight excluding hydrogens is 395 g/mol. The van der Waals surface area contributed by atoms with Gasteiger partial charge in [-0.2, -0.15) is 13.2 Å². The second kappa shape index (κ2) is 7.67. The second-order valence-corrected chi connectivity index (χ2v) is 6.76. The molecule has 0 radical (unpaired) electrons. The molecule has 0 unspecified atom stereocenters. The molecule has 0 aliphatic rings. The predicted molar refractivity (Wildman–Crippen MR) is 105 cm³/mol. The number of nitrogens with zero attached hydrogens (tertiary/aromatic N) is 1. The fraction of sp³-hybridized carbons (Fsp3) is 0.130. The zero-order chi connectivity index (χ0) is 21.3. The van der Waals surface area contributed by atoms with Crippen molar-refractivity contribution in [1.29, 1.82) is 0 Å². The van der Waals surface area contributed by atoms with Crippen LogP contribution in [0.25, 0.3) is 22.4 Å². The van der Waals surface area contributed by atoms with Crippen LogP contribution < -0.4 is 0 Å². The van der Waals surface area contributed by atoms with Gasteiger partial charge in [-0.3, -0.25) is 0 Å². The van der Waals surface area contributed by atoms with E-state index in [1.165, 1.54) is 12.1 Å². The first-order chi connectivity index (χ1) is 14.3. The molecule has 0 atom stereocenters. The number of ether oxygens (including phenoxy) is 1. The monoisotopic (exact) mass is 411 g/mol. The summed E-state index contributed by atoms with van der Waals surface area (Å²) >= 11 is 0. The van der Waals surface area contributed by atoms with Crippen LogP contribution in [0.3, 0.4) is 0 Å². The number of aromatic nitrogens is 1. The number of rotatable bonds is 4. The molecule has 2 heterocycles. The Morgan fingerprint density at radius 2 is 1.83 bits per heavy atom. The summed E-state index contributed by atoms with van der Waals surface area (Å²) in [4.78, 5) is 17.3. The van der Waals surface area contributed by atoms with Crippen molar-refractivity contribution in [3.8, 4) is 11.5 Å². The Morgan fingerprint density at radius 1 is 1.03 bits per heavy atom. The zero-order valence-electron chi connectivity index (χ0n) is 15.9. The highest BCUT2D eigenvalue weighted by Crippen LogP contribution is 2.30. The largest absolute Gasteiger partial charge is 0.460 e. The van der Waals surface area contributed by atoms with Crippen LogP contribution in [0.15, 0.2) is 71.1 Å². The molecule has 152 valence electrons. The van der Waals surface area contributed by atoms with E-state index in [1.807, 2.05) is 0 Å². The number of hydrogen-bond acceptors (Lipinski definition) is 4. The molecule has 2 aromatic carbocycles. The van der Waals surface area contributed by atoms with Gasteiger partial charge in [0.1, 0.15) is 18.1 Å². The third-order valence-electron chi connectivity index (χ3n) is 4.55. The first-order valence-corrected chi connectivity index (χ1v) is 9.11. The maximum atomic E-state index is 12.9. The molecule has 0 N–H and O–H groups in total. The average Bonchev–Trinajstić information content (AvgIpc) is 3.17. The summed E-state index contributed by atoms with van der Waals surface area (Å²) in [5, 5.41) is 0.582. The van der Waals surface area contributed by atoms with Crippen LogP contribution >= 0.6 is 0 Å². The van der Waals surface area contributed by atoms with E-state index in [1.54, 1.807) is 49.4 Å². The van der Waals surface area contributed by atoms with Crippen molar-refractivity contribution in [3.05, 3.63) is 89.2 Å². The SMILES string of the molecule is Cc1ccc(-c2cc(C(=O)OCc3cccc(C(F)(F)F)c3)c3ccccc3n2)o1. The lowest BCUT2D eigenvalue weighted by Gasteiger charge is -2.11.